The van der Waals surface area contributed by atoms with Crippen molar-refractivity contribution < 1.29 is 0 Å². The molecule has 0 radical (unpaired) electrons. The van der Waals surface area contributed by atoms with Crippen molar-refractivity contribution in [2.45, 2.75) is 141 Å². The summed E-state index contributed by atoms with van der Waals surface area (Å²) in [5.74, 6) is 0. The summed E-state index contributed by atoms with van der Waals surface area (Å²) in [6, 6.07) is 59.9. The van der Waals surface area contributed by atoms with Crippen LogP contribution >= 0.6 is 15.9 Å². The average Bonchev–Trinajstić information content (AvgIpc) is 3.96. The van der Waals surface area contributed by atoms with Crippen molar-refractivity contribution in [2.75, 3.05) is 0 Å². The molecule has 356 valence electrons. The van der Waals surface area contributed by atoms with Crippen molar-refractivity contribution in [3.63, 3.8) is 0 Å². The molecule has 0 nitrogen and oxygen atoms in total. The van der Waals surface area contributed by atoms with Gasteiger partial charge in [0.2, 0.25) is 0 Å². The van der Waals surface area contributed by atoms with E-state index in [1.165, 1.54) is 175 Å². The van der Waals surface area contributed by atoms with Gasteiger partial charge in [-0.2, -0.15) is 0 Å². The number of benzene rings is 8. The Kier molecular flexibility index (Phi) is 11.2. The molecule has 0 saturated carbocycles. The highest BCUT2D eigenvalue weighted by atomic mass is 79.9. The maximum atomic E-state index is 3.74. The molecule has 0 fully saturated rings. The highest BCUT2D eigenvalue weighted by Gasteiger charge is 2.43. The number of unbranched alkanes of at least 4 members (excludes halogenated alkanes) is 6. The molecular weight excluding hydrogens is 921 g/mol. The quantitative estimate of drug-likeness (QED) is 0.101. The lowest BCUT2D eigenvalue weighted by Gasteiger charge is -2.33. The average molecular weight is 990 g/mol. The minimum Gasteiger partial charge on any atom is -0.0654 e. The van der Waals surface area contributed by atoms with E-state index in [2.05, 4.69) is 223 Å². The molecule has 0 unspecified atom stereocenters. The summed E-state index contributed by atoms with van der Waals surface area (Å²) in [6.07, 6.45) is 12.9. The van der Waals surface area contributed by atoms with E-state index in [-0.39, 0.29) is 21.7 Å². The summed E-state index contributed by atoms with van der Waals surface area (Å²) >= 11 is 3.74. The zero-order chi connectivity index (χ0) is 49.0. The lowest BCUT2D eigenvalue weighted by atomic mass is 9.70. The van der Waals surface area contributed by atoms with Crippen LogP contribution in [0.15, 0.2) is 156 Å². The Labute approximate surface area is 433 Å². The molecule has 0 spiro atoms. The minimum atomic E-state index is -0.138. The van der Waals surface area contributed by atoms with Crippen LogP contribution in [0.1, 0.15) is 164 Å². The fourth-order valence-corrected chi connectivity index (χ4v) is 14.4. The van der Waals surface area contributed by atoms with E-state index in [4.69, 9.17) is 0 Å². The lowest BCUT2D eigenvalue weighted by Crippen LogP contribution is -2.25. The van der Waals surface area contributed by atoms with Crippen LogP contribution in [0.2, 0.25) is 0 Å². The van der Waals surface area contributed by atoms with Gasteiger partial charge in [0.25, 0.3) is 0 Å². The maximum Gasteiger partial charge on any atom is 0.0215 e. The summed E-state index contributed by atoms with van der Waals surface area (Å²) < 4.78 is 1.14. The van der Waals surface area contributed by atoms with E-state index in [1.54, 1.807) is 11.1 Å². The first-order valence-electron chi connectivity index (χ1n) is 27.1. The van der Waals surface area contributed by atoms with Crippen LogP contribution in [0.5, 0.6) is 0 Å². The normalized spacial score (nSPS) is 16.1. The van der Waals surface area contributed by atoms with Crippen LogP contribution in [0, 0.1) is 0 Å². The summed E-state index contributed by atoms with van der Waals surface area (Å²) in [4.78, 5) is 0. The van der Waals surface area contributed by atoms with Crippen molar-refractivity contribution in [3.8, 4) is 77.9 Å². The molecule has 4 aliphatic rings. The monoisotopic (exact) mass is 988 g/mol. The second kappa shape index (κ2) is 17.2. The fourth-order valence-electron chi connectivity index (χ4n) is 14.1. The molecular formula is C70H69Br. The Morgan fingerprint density at radius 3 is 0.958 bits per heavy atom. The van der Waals surface area contributed by atoms with Crippen LogP contribution in [-0.2, 0) is 21.7 Å². The maximum absolute atomic E-state index is 3.74. The Hall–Kier alpha value is -5.76. The minimum absolute atomic E-state index is 0.0589. The summed E-state index contributed by atoms with van der Waals surface area (Å²) in [5, 5.41) is 0. The molecule has 8 aromatic carbocycles. The van der Waals surface area contributed by atoms with Gasteiger partial charge in [0.05, 0.1) is 0 Å². The van der Waals surface area contributed by atoms with E-state index < -0.39 is 0 Å². The third-order valence-electron chi connectivity index (χ3n) is 18.2. The third-order valence-corrected chi connectivity index (χ3v) is 18.7. The predicted octanol–water partition coefficient (Wildman–Crippen LogP) is 20.6. The second-order valence-corrected chi connectivity index (χ2v) is 24.3. The highest BCUT2D eigenvalue weighted by molar-refractivity contribution is 9.10. The molecule has 8 aromatic rings. The molecule has 1 heteroatoms. The van der Waals surface area contributed by atoms with E-state index >= 15 is 0 Å². The van der Waals surface area contributed by atoms with Crippen molar-refractivity contribution in [1.29, 1.82) is 0 Å². The van der Waals surface area contributed by atoms with Crippen molar-refractivity contribution in [2.24, 2.45) is 0 Å². The number of fused-ring (bicyclic) bond motifs is 12. The van der Waals surface area contributed by atoms with Crippen molar-refractivity contribution in [3.05, 3.63) is 201 Å². The van der Waals surface area contributed by atoms with Gasteiger partial charge in [-0.1, -0.05) is 226 Å². The Morgan fingerprint density at radius 2 is 0.592 bits per heavy atom. The smallest absolute Gasteiger partial charge is 0.0215 e. The predicted molar refractivity (Wildman–Crippen MR) is 307 cm³/mol. The molecule has 4 aliphatic carbocycles. The van der Waals surface area contributed by atoms with Crippen molar-refractivity contribution >= 4 is 15.9 Å². The van der Waals surface area contributed by atoms with Gasteiger partial charge >= 0.3 is 0 Å². The zero-order valence-electron chi connectivity index (χ0n) is 43.4. The molecule has 0 atom stereocenters. The molecule has 0 bridgehead atoms. The topological polar surface area (TPSA) is 0 Å². The first kappa shape index (κ1) is 46.3. The van der Waals surface area contributed by atoms with E-state index in [0.717, 1.165) is 4.47 Å². The number of hydrogen-bond donors (Lipinski definition) is 0. The molecule has 0 aromatic heterocycles. The molecule has 12 rings (SSSR count). The van der Waals surface area contributed by atoms with Crippen LogP contribution in [0.3, 0.4) is 0 Å². The standard InChI is InChI=1S/C70H69Br/c1-9-11-13-17-35-70(36-18-14-12-10-2)59-20-16-15-19-51(59)58-33-26-49(42-66(58)70)48-25-31-55-54-29-22-45(38-62(54)68(5,6)63(55)41-48)44-21-28-52-53-30-23-46(39-61(53)67(3,4)60(52)37-44)47-24-32-56-57-34-27-50(71)43-65(57)69(7,8)64(56)40-47/h15-16,19-34,37-43H,9-14,17-18,35-36H2,1-8H3. The first-order valence-corrected chi connectivity index (χ1v) is 27.8. The zero-order valence-corrected chi connectivity index (χ0v) is 45.0. The van der Waals surface area contributed by atoms with E-state index in [9.17, 15) is 0 Å². The van der Waals surface area contributed by atoms with Crippen molar-refractivity contribution in [1.82, 2.24) is 0 Å². The molecule has 0 N–H and O–H groups in total. The molecule has 0 saturated heterocycles. The van der Waals surface area contributed by atoms with Gasteiger partial charge in [0, 0.05) is 26.1 Å². The summed E-state index contributed by atoms with van der Waals surface area (Å²) in [5.41, 5.74) is 30.3. The first-order chi connectivity index (χ1) is 34.3. The number of rotatable bonds is 13. The lowest BCUT2D eigenvalue weighted by molar-refractivity contribution is 0.401. The van der Waals surface area contributed by atoms with E-state index in [1.807, 2.05) is 0 Å². The fraction of sp³-hybridized carbons (Fsp3) is 0.314. The second-order valence-electron chi connectivity index (χ2n) is 23.4. The number of hydrogen-bond acceptors (Lipinski definition) is 0. The Morgan fingerprint density at radius 1 is 0.296 bits per heavy atom. The Balaban J connectivity index is 0.843. The molecule has 0 aliphatic heterocycles. The van der Waals surface area contributed by atoms with Crippen LogP contribution < -0.4 is 0 Å². The van der Waals surface area contributed by atoms with Gasteiger partial charge in [0.1, 0.15) is 0 Å². The molecule has 71 heavy (non-hydrogen) atoms. The van der Waals surface area contributed by atoms with Crippen LogP contribution in [0.4, 0.5) is 0 Å². The summed E-state index contributed by atoms with van der Waals surface area (Å²) in [7, 11) is 0. The Bertz CT molecular complexity index is 3430. The van der Waals surface area contributed by atoms with Gasteiger partial charge in [-0.15, -0.1) is 0 Å². The van der Waals surface area contributed by atoms with Gasteiger partial charge in [-0.3, -0.25) is 0 Å². The van der Waals surface area contributed by atoms with Gasteiger partial charge in [-0.25, -0.2) is 0 Å². The SMILES string of the molecule is CCCCCCC1(CCCCCC)c2ccccc2-c2ccc(-c3ccc4c(c3)C(C)(C)c3cc(-c5ccc6c(c5)C(C)(C)c5cc(-c7ccc8c(c7)C(C)(C)c7cc(Br)ccc7-8)ccc5-6)ccc3-4)cc21. The molecule has 0 heterocycles. The highest BCUT2D eigenvalue weighted by Crippen LogP contribution is 2.57. The largest absolute Gasteiger partial charge is 0.0654 e. The van der Waals surface area contributed by atoms with Crippen LogP contribution in [-0.4, -0.2) is 0 Å². The van der Waals surface area contributed by atoms with E-state index in [0.29, 0.717) is 0 Å². The van der Waals surface area contributed by atoms with Gasteiger partial charge < -0.3 is 0 Å². The van der Waals surface area contributed by atoms with Crippen LogP contribution in [0.25, 0.3) is 77.9 Å². The summed E-state index contributed by atoms with van der Waals surface area (Å²) in [6.45, 7) is 19.1. The van der Waals surface area contributed by atoms with Gasteiger partial charge in [-0.05, 0) is 184 Å². The van der Waals surface area contributed by atoms with Gasteiger partial charge in [0.15, 0.2) is 0 Å². The number of halogens is 1. The third kappa shape index (κ3) is 7.17. The molecule has 0 amide bonds.